The quantitative estimate of drug-likeness (QED) is 0.399. The van der Waals surface area contributed by atoms with Gasteiger partial charge in [0.2, 0.25) is 5.43 Å². The number of nitrogens with zero attached hydrogens (tertiary/aromatic N) is 5. The zero-order valence-electron chi connectivity index (χ0n) is 19.7. The van der Waals surface area contributed by atoms with Gasteiger partial charge in [0.05, 0.1) is 17.6 Å². The van der Waals surface area contributed by atoms with Gasteiger partial charge in [-0.2, -0.15) is 0 Å². The number of fused-ring (bicyclic) bond motifs is 1. The molecule has 1 fully saturated rings. The van der Waals surface area contributed by atoms with Gasteiger partial charge in [0.1, 0.15) is 16.2 Å². The Kier molecular flexibility index (Phi) is 6.69. The molecule has 5 rings (SSSR count). The third kappa shape index (κ3) is 4.87. The Morgan fingerprint density at radius 1 is 1.06 bits per heavy atom. The molecule has 0 bridgehead atoms. The molecule has 180 valence electrons. The number of rotatable bonds is 5. The number of piperazine rings is 1. The summed E-state index contributed by atoms with van der Waals surface area (Å²) in [5.74, 6) is -0.210. The predicted octanol–water partition coefficient (Wildman–Crippen LogP) is 4.46. The van der Waals surface area contributed by atoms with Crippen molar-refractivity contribution >= 4 is 39.9 Å². The number of carbonyl (C=O) groups is 1. The summed E-state index contributed by atoms with van der Waals surface area (Å²) in [6.07, 6.45) is 1.67. The van der Waals surface area contributed by atoms with Crippen LogP contribution in [-0.2, 0) is 13.1 Å². The van der Waals surface area contributed by atoms with Crippen molar-refractivity contribution in [2.75, 3.05) is 26.2 Å². The molecular formula is C26H26ClN5O2S. The smallest absolute Gasteiger partial charge is 0.259 e. The van der Waals surface area contributed by atoms with Crippen LogP contribution in [0.3, 0.4) is 0 Å². The first-order valence-electron chi connectivity index (χ1n) is 11.7. The van der Waals surface area contributed by atoms with Crippen molar-refractivity contribution in [3.05, 3.63) is 79.5 Å². The SMILES string of the molecule is CCn1cc(C(=O)N2CCN(Cc3nc(-c4ccc(Cl)cc4)cs3)CC2)c(=O)c2ccc(C)nc21. The predicted molar refractivity (Wildman–Crippen MR) is 140 cm³/mol. The lowest BCUT2D eigenvalue weighted by atomic mass is 10.1. The van der Waals surface area contributed by atoms with Crippen molar-refractivity contribution in [3.63, 3.8) is 0 Å². The van der Waals surface area contributed by atoms with E-state index in [-0.39, 0.29) is 16.9 Å². The Bertz CT molecular complexity index is 1440. The van der Waals surface area contributed by atoms with E-state index in [9.17, 15) is 9.59 Å². The van der Waals surface area contributed by atoms with Crippen LogP contribution in [0.1, 0.15) is 28.0 Å². The van der Waals surface area contributed by atoms with Crippen LogP contribution in [0.15, 0.2) is 52.8 Å². The zero-order chi connectivity index (χ0) is 24.5. The lowest BCUT2D eigenvalue weighted by Gasteiger charge is -2.34. The number of pyridine rings is 2. The minimum absolute atomic E-state index is 0.210. The molecule has 0 saturated carbocycles. The van der Waals surface area contributed by atoms with Gasteiger partial charge in [0.25, 0.3) is 5.91 Å². The minimum atomic E-state index is -0.248. The Hall–Kier alpha value is -3.07. The summed E-state index contributed by atoms with van der Waals surface area (Å²) in [6.45, 7) is 7.87. The number of aryl methyl sites for hydroxylation is 2. The molecule has 0 unspecified atom stereocenters. The molecule has 7 nitrogen and oxygen atoms in total. The van der Waals surface area contributed by atoms with E-state index in [2.05, 4.69) is 15.3 Å². The highest BCUT2D eigenvalue weighted by Crippen LogP contribution is 2.24. The number of hydrogen-bond acceptors (Lipinski definition) is 6. The molecule has 35 heavy (non-hydrogen) atoms. The first kappa shape index (κ1) is 23.7. The van der Waals surface area contributed by atoms with Crippen molar-refractivity contribution < 1.29 is 4.79 Å². The second kappa shape index (κ2) is 9.89. The summed E-state index contributed by atoms with van der Waals surface area (Å²) in [5.41, 5.74) is 3.43. The summed E-state index contributed by atoms with van der Waals surface area (Å²) in [5, 5.41) is 4.30. The van der Waals surface area contributed by atoms with Gasteiger partial charge in [-0.1, -0.05) is 23.7 Å². The third-order valence-electron chi connectivity index (χ3n) is 6.34. The molecule has 0 radical (unpaired) electrons. The molecule has 1 aliphatic heterocycles. The van der Waals surface area contributed by atoms with Gasteiger partial charge in [-0.05, 0) is 38.1 Å². The van der Waals surface area contributed by atoms with E-state index < -0.39 is 0 Å². The van der Waals surface area contributed by atoms with Crippen molar-refractivity contribution in [2.45, 2.75) is 26.9 Å². The van der Waals surface area contributed by atoms with Crippen LogP contribution >= 0.6 is 22.9 Å². The summed E-state index contributed by atoms with van der Waals surface area (Å²) >= 11 is 7.63. The second-order valence-electron chi connectivity index (χ2n) is 8.68. The molecule has 0 aliphatic carbocycles. The molecule has 1 aliphatic rings. The summed E-state index contributed by atoms with van der Waals surface area (Å²) < 4.78 is 1.88. The van der Waals surface area contributed by atoms with E-state index in [1.807, 2.05) is 48.7 Å². The topological polar surface area (TPSA) is 71.3 Å². The van der Waals surface area contributed by atoms with Gasteiger partial charge >= 0.3 is 0 Å². The first-order valence-corrected chi connectivity index (χ1v) is 12.9. The lowest BCUT2D eigenvalue weighted by molar-refractivity contribution is 0.0626. The van der Waals surface area contributed by atoms with Gasteiger partial charge in [0, 0.05) is 60.6 Å². The highest BCUT2D eigenvalue weighted by molar-refractivity contribution is 7.09. The average molecular weight is 508 g/mol. The van der Waals surface area contributed by atoms with E-state index in [4.69, 9.17) is 16.6 Å². The lowest BCUT2D eigenvalue weighted by Crippen LogP contribution is -2.49. The number of carbonyl (C=O) groups excluding carboxylic acids is 1. The molecule has 0 atom stereocenters. The van der Waals surface area contributed by atoms with Crippen LogP contribution in [0.25, 0.3) is 22.3 Å². The third-order valence-corrected chi connectivity index (χ3v) is 7.43. The molecule has 0 spiro atoms. The summed E-state index contributed by atoms with van der Waals surface area (Å²) in [7, 11) is 0. The van der Waals surface area contributed by atoms with E-state index in [1.165, 1.54) is 0 Å². The number of hydrogen-bond donors (Lipinski definition) is 0. The van der Waals surface area contributed by atoms with Crippen LogP contribution in [0, 0.1) is 6.92 Å². The number of aromatic nitrogens is 3. The van der Waals surface area contributed by atoms with Gasteiger partial charge in [-0.3, -0.25) is 14.5 Å². The maximum atomic E-state index is 13.3. The van der Waals surface area contributed by atoms with E-state index in [1.54, 1.807) is 28.5 Å². The molecule has 1 amide bonds. The van der Waals surface area contributed by atoms with Crippen molar-refractivity contribution in [2.24, 2.45) is 0 Å². The van der Waals surface area contributed by atoms with Gasteiger partial charge in [-0.15, -0.1) is 11.3 Å². The van der Waals surface area contributed by atoms with Crippen LogP contribution in [-0.4, -0.2) is 56.4 Å². The molecule has 9 heteroatoms. The number of amides is 1. The van der Waals surface area contributed by atoms with Crippen LogP contribution < -0.4 is 5.43 Å². The second-order valence-corrected chi connectivity index (χ2v) is 10.1. The van der Waals surface area contributed by atoms with Crippen LogP contribution in [0.5, 0.6) is 0 Å². The van der Waals surface area contributed by atoms with E-state index >= 15 is 0 Å². The van der Waals surface area contributed by atoms with Gasteiger partial charge in [0.15, 0.2) is 0 Å². The molecular weight excluding hydrogens is 482 g/mol. The number of thiazole rings is 1. The molecule has 4 heterocycles. The average Bonchev–Trinajstić information content (AvgIpc) is 3.33. The Balaban J connectivity index is 1.26. The monoisotopic (exact) mass is 507 g/mol. The largest absolute Gasteiger partial charge is 0.336 e. The highest BCUT2D eigenvalue weighted by Gasteiger charge is 2.26. The number of halogens is 1. The standard InChI is InChI=1S/C26H26ClN5O2S/c1-3-31-14-21(24(33)20-9-4-17(2)28-25(20)31)26(34)32-12-10-30(11-13-32)15-23-29-22(16-35-23)18-5-7-19(27)8-6-18/h4-9,14,16H,3,10-13,15H2,1-2H3. The minimum Gasteiger partial charge on any atom is -0.336 e. The normalized spacial score (nSPS) is 14.5. The summed E-state index contributed by atoms with van der Waals surface area (Å²) in [6, 6.07) is 11.3. The van der Waals surface area contributed by atoms with E-state index in [0.717, 1.165) is 41.6 Å². The fourth-order valence-electron chi connectivity index (χ4n) is 4.36. The fourth-order valence-corrected chi connectivity index (χ4v) is 5.33. The fraction of sp³-hybridized carbons (Fsp3) is 0.308. The molecule has 1 aromatic carbocycles. The van der Waals surface area contributed by atoms with Gasteiger partial charge < -0.3 is 9.47 Å². The Morgan fingerprint density at radius 3 is 2.51 bits per heavy atom. The van der Waals surface area contributed by atoms with Crippen molar-refractivity contribution in [1.82, 2.24) is 24.3 Å². The van der Waals surface area contributed by atoms with E-state index in [0.29, 0.717) is 35.7 Å². The van der Waals surface area contributed by atoms with Gasteiger partial charge in [-0.25, -0.2) is 9.97 Å². The van der Waals surface area contributed by atoms with Crippen molar-refractivity contribution in [1.29, 1.82) is 0 Å². The molecule has 4 aromatic rings. The Morgan fingerprint density at radius 2 is 1.80 bits per heavy atom. The first-order chi connectivity index (χ1) is 16.9. The number of benzene rings is 1. The summed E-state index contributed by atoms with van der Waals surface area (Å²) in [4.78, 5) is 39.8. The molecule has 3 aromatic heterocycles. The van der Waals surface area contributed by atoms with Crippen LogP contribution in [0.4, 0.5) is 0 Å². The molecule has 0 N–H and O–H groups in total. The maximum Gasteiger partial charge on any atom is 0.259 e. The molecule has 1 saturated heterocycles. The highest BCUT2D eigenvalue weighted by atomic mass is 35.5. The zero-order valence-corrected chi connectivity index (χ0v) is 21.3. The Labute approximate surface area is 212 Å². The van der Waals surface area contributed by atoms with Crippen LogP contribution in [0.2, 0.25) is 5.02 Å². The maximum absolute atomic E-state index is 13.3. The van der Waals surface area contributed by atoms with Crippen molar-refractivity contribution in [3.8, 4) is 11.3 Å².